The first-order valence-electron chi connectivity index (χ1n) is 15.9. The number of amides is 3. The standard InChI is InChI=1S/C34H54N4O6/c1-10-22(4)30(37(7)34(42)26(20-35)21(2)3)28(43-8)19-29(39)38-18-14-17-27(38)32(44-9)23(5)33(41)36-24(6)31(40)25-15-12-11-13-16-25/h11-13,15-16,21-24,26-28,30-32,40H,10,14,17-19H2,1-9H3,(H,36,41)/t22-,23+,24+,26?,27-,28+,30-,31+,32+/m0/s1. The molecule has 1 aromatic carbocycles. The number of nitrogens with one attached hydrogen (secondary N) is 1. The Kier molecular flexibility index (Phi) is 14.8. The molecule has 0 bridgehead atoms. The maximum absolute atomic E-state index is 13.9. The van der Waals surface area contributed by atoms with Crippen LogP contribution in [0.5, 0.6) is 0 Å². The van der Waals surface area contributed by atoms with Crippen molar-refractivity contribution in [2.24, 2.45) is 23.7 Å². The van der Waals surface area contributed by atoms with Gasteiger partial charge < -0.3 is 29.7 Å². The molecule has 10 heteroatoms. The molecule has 1 aromatic rings. The molecule has 0 aromatic heterocycles. The SMILES string of the molecule is CC[C@H](C)[C@@H]([C@@H](CC(=O)N1CCC[C@H]1[C@H](OC)[C@@H](C)C(=O)N[C@H](C)[C@@H](O)c1ccccc1)OC)N(C)C(=O)C(C#N)C(C)C. The van der Waals surface area contributed by atoms with Crippen LogP contribution in [-0.2, 0) is 23.9 Å². The van der Waals surface area contributed by atoms with Gasteiger partial charge in [0.1, 0.15) is 5.92 Å². The summed E-state index contributed by atoms with van der Waals surface area (Å²) in [6.45, 7) is 11.8. The average molecular weight is 615 g/mol. The number of hydrogen-bond donors (Lipinski definition) is 2. The molecule has 0 spiro atoms. The number of likely N-dealkylation sites (tertiary alicyclic amines) is 1. The number of hydrogen-bond acceptors (Lipinski definition) is 7. The van der Waals surface area contributed by atoms with E-state index in [2.05, 4.69) is 11.4 Å². The number of likely N-dealkylation sites (N-methyl/N-ethyl adjacent to an activating group) is 1. The number of benzene rings is 1. The zero-order valence-corrected chi connectivity index (χ0v) is 28.0. The van der Waals surface area contributed by atoms with E-state index in [1.165, 1.54) is 0 Å². The van der Waals surface area contributed by atoms with Crippen molar-refractivity contribution in [3.05, 3.63) is 35.9 Å². The van der Waals surface area contributed by atoms with Gasteiger partial charge in [0.2, 0.25) is 17.7 Å². The van der Waals surface area contributed by atoms with Crippen molar-refractivity contribution in [3.8, 4) is 6.07 Å². The number of ether oxygens (including phenoxy) is 2. The summed E-state index contributed by atoms with van der Waals surface area (Å²) < 4.78 is 11.7. The summed E-state index contributed by atoms with van der Waals surface area (Å²) in [6, 6.07) is 10.1. The van der Waals surface area contributed by atoms with Gasteiger partial charge in [0.05, 0.1) is 54.8 Å². The normalized spacial score (nSPS) is 20.5. The summed E-state index contributed by atoms with van der Waals surface area (Å²) in [4.78, 5) is 43.9. The minimum absolute atomic E-state index is 0.0197. The first-order chi connectivity index (χ1) is 20.8. The van der Waals surface area contributed by atoms with E-state index < -0.39 is 42.2 Å². The number of nitriles is 1. The summed E-state index contributed by atoms with van der Waals surface area (Å²) in [7, 11) is 4.79. The summed E-state index contributed by atoms with van der Waals surface area (Å²) in [5.74, 6) is -2.15. The van der Waals surface area contributed by atoms with Gasteiger partial charge in [-0.25, -0.2) is 0 Å². The van der Waals surface area contributed by atoms with Crippen LogP contribution in [0.25, 0.3) is 0 Å². The summed E-state index contributed by atoms with van der Waals surface area (Å²) in [6.07, 6.45) is 0.273. The fourth-order valence-corrected chi connectivity index (χ4v) is 6.39. The lowest BCUT2D eigenvalue weighted by atomic mass is 9.88. The third-order valence-electron chi connectivity index (χ3n) is 9.32. The van der Waals surface area contributed by atoms with Crippen LogP contribution in [0, 0.1) is 35.0 Å². The van der Waals surface area contributed by atoms with E-state index in [-0.39, 0.29) is 42.0 Å². The Bertz CT molecular complexity index is 1110. The molecule has 1 fully saturated rings. The Morgan fingerprint density at radius 3 is 2.27 bits per heavy atom. The Morgan fingerprint density at radius 1 is 1.11 bits per heavy atom. The van der Waals surface area contributed by atoms with E-state index in [1.807, 2.05) is 58.0 Å². The Balaban J connectivity index is 2.19. The molecular weight excluding hydrogens is 560 g/mol. The molecule has 0 saturated carbocycles. The second-order valence-corrected chi connectivity index (χ2v) is 12.6. The largest absolute Gasteiger partial charge is 0.386 e. The molecule has 9 atom stereocenters. The van der Waals surface area contributed by atoms with Gasteiger partial charge in [-0.1, -0.05) is 71.4 Å². The summed E-state index contributed by atoms with van der Waals surface area (Å²) in [5, 5.41) is 23.3. The molecule has 0 radical (unpaired) electrons. The Hall–Kier alpha value is -3.00. The molecule has 2 rings (SSSR count). The van der Waals surface area contributed by atoms with Gasteiger partial charge in [-0.2, -0.15) is 5.26 Å². The summed E-state index contributed by atoms with van der Waals surface area (Å²) >= 11 is 0. The van der Waals surface area contributed by atoms with Crippen molar-refractivity contribution in [3.63, 3.8) is 0 Å². The van der Waals surface area contributed by atoms with Crippen LogP contribution >= 0.6 is 0 Å². The first kappa shape index (κ1) is 37.2. The first-order valence-corrected chi connectivity index (χ1v) is 15.9. The Labute approximate surface area is 264 Å². The van der Waals surface area contributed by atoms with E-state index >= 15 is 0 Å². The second-order valence-electron chi connectivity index (χ2n) is 12.6. The molecular formula is C34H54N4O6. The van der Waals surface area contributed by atoms with Crippen molar-refractivity contribution in [1.82, 2.24) is 15.1 Å². The lowest BCUT2D eigenvalue weighted by Crippen LogP contribution is -2.54. The smallest absolute Gasteiger partial charge is 0.240 e. The predicted octanol–water partition coefficient (Wildman–Crippen LogP) is 3.94. The van der Waals surface area contributed by atoms with E-state index in [9.17, 15) is 24.8 Å². The number of methoxy groups -OCH3 is 2. The van der Waals surface area contributed by atoms with Crippen LogP contribution in [-0.4, -0.2) is 90.8 Å². The zero-order chi connectivity index (χ0) is 33.1. The highest BCUT2D eigenvalue weighted by molar-refractivity contribution is 5.82. The molecule has 1 aliphatic heterocycles. The maximum atomic E-state index is 13.9. The third-order valence-corrected chi connectivity index (χ3v) is 9.32. The van der Waals surface area contributed by atoms with Crippen molar-refractivity contribution < 1.29 is 29.0 Å². The number of nitrogens with zero attached hydrogens (tertiary/aromatic N) is 3. The maximum Gasteiger partial charge on any atom is 0.240 e. The van der Waals surface area contributed by atoms with Crippen LogP contribution in [0.3, 0.4) is 0 Å². The van der Waals surface area contributed by atoms with Gasteiger partial charge in [0.25, 0.3) is 0 Å². The molecule has 1 saturated heterocycles. The Morgan fingerprint density at radius 2 is 1.75 bits per heavy atom. The van der Waals surface area contributed by atoms with E-state index in [1.54, 1.807) is 44.9 Å². The fourth-order valence-electron chi connectivity index (χ4n) is 6.39. The number of carbonyl (C=O) groups excluding carboxylic acids is 3. The van der Waals surface area contributed by atoms with Crippen LogP contribution in [0.15, 0.2) is 30.3 Å². The quantitative estimate of drug-likeness (QED) is 0.288. The van der Waals surface area contributed by atoms with Gasteiger partial charge in [-0.3, -0.25) is 14.4 Å². The zero-order valence-electron chi connectivity index (χ0n) is 28.0. The number of carbonyl (C=O) groups is 3. The van der Waals surface area contributed by atoms with Crippen molar-refractivity contribution >= 4 is 17.7 Å². The van der Waals surface area contributed by atoms with E-state index in [4.69, 9.17) is 9.47 Å². The van der Waals surface area contributed by atoms with Crippen molar-refractivity contribution in [2.75, 3.05) is 27.8 Å². The van der Waals surface area contributed by atoms with Crippen molar-refractivity contribution in [1.29, 1.82) is 5.26 Å². The topological polar surface area (TPSA) is 132 Å². The molecule has 2 N–H and O–H groups in total. The molecule has 1 heterocycles. The van der Waals surface area contributed by atoms with Gasteiger partial charge in [0.15, 0.2) is 0 Å². The predicted molar refractivity (Wildman–Crippen MR) is 169 cm³/mol. The molecule has 0 aliphatic carbocycles. The minimum atomic E-state index is -0.865. The van der Waals surface area contributed by atoms with Crippen LogP contribution in [0.4, 0.5) is 0 Å². The molecule has 3 amide bonds. The van der Waals surface area contributed by atoms with Gasteiger partial charge in [0, 0.05) is 27.8 Å². The highest BCUT2D eigenvalue weighted by atomic mass is 16.5. The third kappa shape index (κ3) is 9.02. The molecule has 1 unspecified atom stereocenters. The molecule has 10 nitrogen and oxygen atoms in total. The van der Waals surface area contributed by atoms with Gasteiger partial charge >= 0.3 is 0 Å². The van der Waals surface area contributed by atoms with Crippen LogP contribution < -0.4 is 5.32 Å². The van der Waals surface area contributed by atoms with E-state index in [0.717, 1.165) is 12.8 Å². The molecule has 1 aliphatic rings. The van der Waals surface area contributed by atoms with Gasteiger partial charge in [-0.15, -0.1) is 0 Å². The monoisotopic (exact) mass is 614 g/mol. The number of rotatable bonds is 16. The van der Waals surface area contributed by atoms with Crippen LogP contribution in [0.1, 0.15) is 78.9 Å². The number of aliphatic hydroxyl groups excluding tert-OH is 1. The molecule has 44 heavy (non-hydrogen) atoms. The van der Waals surface area contributed by atoms with Gasteiger partial charge in [-0.05, 0) is 37.2 Å². The fraction of sp³-hybridized carbons (Fsp3) is 0.706. The average Bonchev–Trinajstić information content (AvgIpc) is 3.50. The molecule has 246 valence electrons. The second kappa shape index (κ2) is 17.5. The van der Waals surface area contributed by atoms with Crippen LogP contribution in [0.2, 0.25) is 0 Å². The lowest BCUT2D eigenvalue weighted by molar-refractivity contribution is -0.147. The highest BCUT2D eigenvalue weighted by Gasteiger charge is 2.42. The lowest BCUT2D eigenvalue weighted by Gasteiger charge is -2.40. The van der Waals surface area contributed by atoms with Crippen molar-refractivity contribution in [2.45, 2.75) is 104 Å². The summed E-state index contributed by atoms with van der Waals surface area (Å²) in [5.41, 5.74) is 0.715. The van der Waals surface area contributed by atoms with E-state index in [0.29, 0.717) is 18.5 Å². The highest BCUT2D eigenvalue weighted by Crippen LogP contribution is 2.30. The number of aliphatic hydroxyl groups is 1. The minimum Gasteiger partial charge on any atom is -0.386 e.